The molecule has 0 spiro atoms. The predicted octanol–water partition coefficient (Wildman–Crippen LogP) is 3.88. The quantitative estimate of drug-likeness (QED) is 0.598. The fraction of sp³-hybridized carbons (Fsp3) is 0.375. The SMILES string of the molecule is COC(=O)CSCCc1nc(-c2ccc(C)cc2C)cs1. The van der Waals surface area contributed by atoms with Crippen molar-refractivity contribution >= 4 is 29.1 Å². The largest absolute Gasteiger partial charge is 0.468 e. The van der Waals surface area contributed by atoms with Gasteiger partial charge in [-0.2, -0.15) is 0 Å². The van der Waals surface area contributed by atoms with E-state index in [4.69, 9.17) is 4.98 Å². The van der Waals surface area contributed by atoms with E-state index < -0.39 is 0 Å². The molecule has 1 aromatic carbocycles. The summed E-state index contributed by atoms with van der Waals surface area (Å²) in [5.41, 5.74) is 4.77. The van der Waals surface area contributed by atoms with Gasteiger partial charge in [-0.1, -0.05) is 23.8 Å². The normalized spacial score (nSPS) is 10.6. The van der Waals surface area contributed by atoms with Gasteiger partial charge in [-0.3, -0.25) is 4.79 Å². The third-order valence-corrected chi connectivity index (χ3v) is 4.96. The number of thioether (sulfide) groups is 1. The maximum absolute atomic E-state index is 11.0. The van der Waals surface area contributed by atoms with Crippen LogP contribution in [-0.2, 0) is 16.0 Å². The minimum absolute atomic E-state index is 0.171. The predicted molar refractivity (Wildman–Crippen MR) is 90.1 cm³/mol. The molecule has 2 rings (SSSR count). The van der Waals surface area contributed by atoms with E-state index >= 15 is 0 Å². The number of nitrogens with zero attached hydrogens (tertiary/aromatic N) is 1. The summed E-state index contributed by atoms with van der Waals surface area (Å²) < 4.78 is 4.61. The number of hydrogen-bond acceptors (Lipinski definition) is 5. The molecule has 1 heterocycles. The number of esters is 1. The van der Waals surface area contributed by atoms with E-state index in [0.29, 0.717) is 5.75 Å². The summed E-state index contributed by atoms with van der Waals surface area (Å²) in [6, 6.07) is 6.43. The number of carbonyl (C=O) groups is 1. The number of thiazole rings is 1. The maximum Gasteiger partial charge on any atom is 0.315 e. The summed E-state index contributed by atoms with van der Waals surface area (Å²) >= 11 is 3.26. The first-order chi connectivity index (χ1) is 10.1. The fourth-order valence-electron chi connectivity index (χ4n) is 2.02. The van der Waals surface area contributed by atoms with Crippen LogP contribution in [-0.4, -0.2) is 29.6 Å². The van der Waals surface area contributed by atoms with Crippen LogP contribution >= 0.6 is 23.1 Å². The molecule has 0 radical (unpaired) electrons. The van der Waals surface area contributed by atoms with Crippen LogP contribution in [0, 0.1) is 13.8 Å². The first kappa shape index (κ1) is 16.0. The Hall–Kier alpha value is -1.33. The molecule has 0 amide bonds. The van der Waals surface area contributed by atoms with Gasteiger partial charge in [0.05, 0.1) is 23.6 Å². The van der Waals surface area contributed by atoms with Crippen LogP contribution in [0.4, 0.5) is 0 Å². The molecule has 0 aliphatic heterocycles. The molecule has 5 heteroatoms. The monoisotopic (exact) mass is 321 g/mol. The average Bonchev–Trinajstić information content (AvgIpc) is 2.92. The molecule has 1 aromatic heterocycles. The Balaban J connectivity index is 1.93. The highest BCUT2D eigenvalue weighted by Crippen LogP contribution is 2.26. The highest BCUT2D eigenvalue weighted by Gasteiger charge is 2.08. The van der Waals surface area contributed by atoms with Gasteiger partial charge in [0.25, 0.3) is 0 Å². The first-order valence-electron chi connectivity index (χ1n) is 6.76. The second kappa shape index (κ2) is 7.61. The van der Waals surface area contributed by atoms with E-state index in [1.807, 2.05) is 0 Å². The van der Waals surface area contributed by atoms with Crippen molar-refractivity contribution in [1.29, 1.82) is 0 Å². The number of aryl methyl sites for hydroxylation is 3. The van der Waals surface area contributed by atoms with Crippen molar-refractivity contribution in [2.75, 3.05) is 18.6 Å². The zero-order valence-electron chi connectivity index (χ0n) is 12.5. The molecule has 0 aliphatic carbocycles. The summed E-state index contributed by atoms with van der Waals surface area (Å²) in [7, 11) is 1.42. The van der Waals surface area contributed by atoms with E-state index in [1.165, 1.54) is 23.8 Å². The molecule has 0 aliphatic rings. The highest BCUT2D eigenvalue weighted by molar-refractivity contribution is 7.99. The number of aromatic nitrogens is 1. The van der Waals surface area contributed by atoms with E-state index in [-0.39, 0.29) is 5.97 Å². The minimum Gasteiger partial charge on any atom is -0.468 e. The van der Waals surface area contributed by atoms with Crippen molar-refractivity contribution in [3.63, 3.8) is 0 Å². The van der Waals surface area contributed by atoms with Gasteiger partial charge in [-0.15, -0.1) is 23.1 Å². The molecule has 21 heavy (non-hydrogen) atoms. The maximum atomic E-state index is 11.0. The lowest BCUT2D eigenvalue weighted by Gasteiger charge is -2.03. The molecular formula is C16H19NO2S2. The Kier molecular flexibility index (Phi) is 5.82. The number of ether oxygens (including phenoxy) is 1. The molecule has 0 fully saturated rings. The van der Waals surface area contributed by atoms with E-state index in [9.17, 15) is 4.79 Å². The summed E-state index contributed by atoms with van der Waals surface area (Å²) in [5.74, 6) is 1.12. The molecule has 0 saturated heterocycles. The second-order valence-electron chi connectivity index (χ2n) is 4.82. The number of rotatable bonds is 6. The van der Waals surface area contributed by atoms with E-state index in [0.717, 1.165) is 22.9 Å². The summed E-state index contributed by atoms with van der Waals surface area (Å²) in [4.78, 5) is 15.7. The van der Waals surface area contributed by atoms with Crippen LogP contribution in [0.15, 0.2) is 23.6 Å². The lowest BCUT2D eigenvalue weighted by atomic mass is 10.0. The Morgan fingerprint density at radius 2 is 2.19 bits per heavy atom. The third-order valence-electron chi connectivity index (χ3n) is 3.12. The fourth-order valence-corrected chi connectivity index (χ4v) is 3.72. The minimum atomic E-state index is -0.171. The van der Waals surface area contributed by atoms with Crippen LogP contribution in [0.2, 0.25) is 0 Å². The summed E-state index contributed by atoms with van der Waals surface area (Å²) in [6.07, 6.45) is 0.886. The standard InChI is InChI=1S/C16H19NO2S2/c1-11-4-5-13(12(2)8-11)14-9-21-15(17-14)6-7-20-10-16(18)19-3/h4-5,8-9H,6-7,10H2,1-3H3. The van der Waals surface area contributed by atoms with Gasteiger partial charge < -0.3 is 4.74 Å². The van der Waals surface area contributed by atoms with Gasteiger partial charge in [0.1, 0.15) is 0 Å². The second-order valence-corrected chi connectivity index (χ2v) is 6.87. The van der Waals surface area contributed by atoms with E-state index in [2.05, 4.69) is 42.2 Å². The summed E-state index contributed by atoms with van der Waals surface area (Å²) in [6.45, 7) is 4.22. The molecular weight excluding hydrogens is 302 g/mol. The molecule has 0 N–H and O–H groups in total. The van der Waals surface area contributed by atoms with Crippen LogP contribution in [0.25, 0.3) is 11.3 Å². The van der Waals surface area contributed by atoms with Gasteiger partial charge in [0.2, 0.25) is 0 Å². The van der Waals surface area contributed by atoms with Crippen LogP contribution in [0.5, 0.6) is 0 Å². The molecule has 3 nitrogen and oxygen atoms in total. The topological polar surface area (TPSA) is 39.2 Å². The van der Waals surface area contributed by atoms with Crippen molar-refractivity contribution in [3.8, 4) is 11.3 Å². The molecule has 0 unspecified atom stereocenters. The lowest BCUT2D eigenvalue weighted by molar-refractivity contribution is -0.137. The average molecular weight is 321 g/mol. The van der Waals surface area contributed by atoms with Crippen LogP contribution in [0.3, 0.4) is 0 Å². The van der Waals surface area contributed by atoms with Crippen molar-refractivity contribution < 1.29 is 9.53 Å². The zero-order chi connectivity index (χ0) is 15.2. The smallest absolute Gasteiger partial charge is 0.315 e. The van der Waals surface area contributed by atoms with Gasteiger partial charge in [0.15, 0.2) is 0 Å². The molecule has 2 aromatic rings. The van der Waals surface area contributed by atoms with Crippen LogP contribution in [0.1, 0.15) is 16.1 Å². The molecule has 0 bridgehead atoms. The Bertz CT molecular complexity index is 622. The van der Waals surface area contributed by atoms with Gasteiger partial charge >= 0.3 is 5.97 Å². The summed E-state index contributed by atoms with van der Waals surface area (Å²) in [5, 5.41) is 3.22. The highest BCUT2D eigenvalue weighted by atomic mass is 32.2. The Morgan fingerprint density at radius 3 is 2.90 bits per heavy atom. The van der Waals surface area contributed by atoms with Crippen LogP contribution < -0.4 is 0 Å². The molecule has 112 valence electrons. The lowest BCUT2D eigenvalue weighted by Crippen LogP contribution is -2.04. The Morgan fingerprint density at radius 1 is 1.38 bits per heavy atom. The molecule has 0 atom stereocenters. The Labute approximate surface area is 133 Å². The van der Waals surface area contributed by atoms with Gasteiger partial charge in [-0.25, -0.2) is 4.98 Å². The van der Waals surface area contributed by atoms with Gasteiger partial charge in [0, 0.05) is 23.1 Å². The van der Waals surface area contributed by atoms with E-state index in [1.54, 1.807) is 23.1 Å². The number of benzene rings is 1. The zero-order valence-corrected chi connectivity index (χ0v) is 14.1. The van der Waals surface area contributed by atoms with Crippen molar-refractivity contribution in [2.45, 2.75) is 20.3 Å². The van der Waals surface area contributed by atoms with Crippen molar-refractivity contribution in [3.05, 3.63) is 39.7 Å². The van der Waals surface area contributed by atoms with Gasteiger partial charge in [-0.05, 0) is 19.4 Å². The number of hydrogen-bond donors (Lipinski definition) is 0. The number of carbonyl (C=O) groups excluding carboxylic acids is 1. The van der Waals surface area contributed by atoms with Crippen molar-refractivity contribution in [2.24, 2.45) is 0 Å². The third kappa shape index (κ3) is 4.58. The van der Waals surface area contributed by atoms with Crippen molar-refractivity contribution in [1.82, 2.24) is 4.98 Å². The first-order valence-corrected chi connectivity index (χ1v) is 8.80. The molecule has 0 saturated carbocycles. The number of methoxy groups -OCH3 is 1.